The Morgan fingerprint density at radius 2 is 1.88 bits per heavy atom. The van der Waals surface area contributed by atoms with Crippen molar-refractivity contribution in [2.75, 3.05) is 6.54 Å². The molecule has 0 spiro atoms. The van der Waals surface area contributed by atoms with Crippen molar-refractivity contribution in [3.63, 3.8) is 0 Å². The van der Waals surface area contributed by atoms with Crippen molar-refractivity contribution in [3.05, 3.63) is 74.7 Å². The van der Waals surface area contributed by atoms with Crippen LogP contribution in [0, 0.1) is 6.92 Å². The van der Waals surface area contributed by atoms with Crippen LogP contribution in [0.2, 0.25) is 5.02 Å². The lowest BCUT2D eigenvalue weighted by molar-refractivity contribution is -0.137. The molecule has 176 valence electrons. The highest BCUT2D eigenvalue weighted by Crippen LogP contribution is 2.34. The molecule has 12 heteroatoms. The van der Waals surface area contributed by atoms with E-state index < -0.39 is 35.1 Å². The number of nitrogens with zero attached hydrogens (tertiary/aromatic N) is 1. The summed E-state index contributed by atoms with van der Waals surface area (Å²) < 4.78 is 38.8. The average Bonchev–Trinajstić information content (AvgIpc) is 3.33. The van der Waals surface area contributed by atoms with Gasteiger partial charge in [-0.05, 0) is 48.4 Å². The monoisotopic (exact) mass is 508 g/mol. The number of imide groups is 1. The number of halogens is 4. The fraction of sp³-hybridized carbons (Fsp3) is 0.182. The van der Waals surface area contributed by atoms with E-state index in [1.807, 2.05) is 0 Å². The third-order valence-corrected chi connectivity index (χ3v) is 6.66. The SMILES string of the molecule is Cc1ncsc1C1(CNC(=O)c2ccc(Cl)cc2-c2ccc(C(F)(F)F)cc2)NC(=O)NC1=O. The van der Waals surface area contributed by atoms with Crippen LogP contribution in [-0.4, -0.2) is 29.4 Å². The number of aromatic nitrogens is 1. The Morgan fingerprint density at radius 3 is 2.44 bits per heavy atom. The van der Waals surface area contributed by atoms with E-state index in [1.54, 1.807) is 6.92 Å². The maximum Gasteiger partial charge on any atom is 0.416 e. The zero-order valence-electron chi connectivity index (χ0n) is 17.4. The fourth-order valence-electron chi connectivity index (χ4n) is 3.67. The first-order valence-electron chi connectivity index (χ1n) is 9.81. The van der Waals surface area contributed by atoms with Gasteiger partial charge in [0, 0.05) is 10.6 Å². The number of hydrogen-bond donors (Lipinski definition) is 3. The van der Waals surface area contributed by atoms with Crippen LogP contribution in [0.15, 0.2) is 48.0 Å². The molecule has 3 aromatic rings. The molecule has 4 rings (SSSR count). The number of carbonyl (C=O) groups excluding carboxylic acids is 3. The van der Waals surface area contributed by atoms with Crippen LogP contribution >= 0.6 is 22.9 Å². The molecule has 1 aromatic heterocycles. The Morgan fingerprint density at radius 1 is 1.18 bits per heavy atom. The van der Waals surface area contributed by atoms with E-state index in [4.69, 9.17) is 11.6 Å². The number of alkyl halides is 3. The summed E-state index contributed by atoms with van der Waals surface area (Å²) in [6, 6.07) is 7.99. The average molecular weight is 509 g/mol. The maximum absolute atomic E-state index is 13.1. The lowest BCUT2D eigenvalue weighted by Crippen LogP contribution is -2.52. The van der Waals surface area contributed by atoms with Crippen LogP contribution in [0.1, 0.15) is 26.5 Å². The quantitative estimate of drug-likeness (QED) is 0.448. The van der Waals surface area contributed by atoms with E-state index in [2.05, 4.69) is 20.9 Å². The van der Waals surface area contributed by atoms with Crippen molar-refractivity contribution in [1.29, 1.82) is 0 Å². The van der Waals surface area contributed by atoms with Crippen LogP contribution in [0.5, 0.6) is 0 Å². The Kier molecular flexibility index (Phi) is 6.09. The number of nitrogens with one attached hydrogen (secondary N) is 3. The molecule has 3 N–H and O–H groups in total. The first kappa shape index (κ1) is 23.7. The third kappa shape index (κ3) is 4.36. The first-order chi connectivity index (χ1) is 16.0. The van der Waals surface area contributed by atoms with Gasteiger partial charge >= 0.3 is 12.2 Å². The second-order valence-corrected chi connectivity index (χ2v) is 8.82. The molecule has 0 bridgehead atoms. The van der Waals surface area contributed by atoms with Crippen LogP contribution in [0.4, 0.5) is 18.0 Å². The number of urea groups is 1. The summed E-state index contributed by atoms with van der Waals surface area (Å²) in [4.78, 5) is 42.3. The summed E-state index contributed by atoms with van der Waals surface area (Å²) in [5, 5.41) is 7.69. The van der Waals surface area contributed by atoms with Gasteiger partial charge in [-0.1, -0.05) is 23.7 Å². The van der Waals surface area contributed by atoms with Gasteiger partial charge in [-0.2, -0.15) is 13.2 Å². The zero-order valence-corrected chi connectivity index (χ0v) is 19.0. The van der Waals surface area contributed by atoms with Gasteiger partial charge in [-0.25, -0.2) is 9.78 Å². The van der Waals surface area contributed by atoms with E-state index in [1.165, 1.54) is 35.8 Å². The largest absolute Gasteiger partial charge is 0.416 e. The van der Waals surface area contributed by atoms with Crippen LogP contribution in [0.3, 0.4) is 0 Å². The highest BCUT2D eigenvalue weighted by molar-refractivity contribution is 7.10. The van der Waals surface area contributed by atoms with Crippen LogP contribution < -0.4 is 16.0 Å². The molecule has 1 aliphatic rings. The molecule has 0 saturated carbocycles. The number of thiazole rings is 1. The Bertz CT molecular complexity index is 1290. The van der Waals surface area contributed by atoms with E-state index >= 15 is 0 Å². The molecule has 1 aliphatic heterocycles. The summed E-state index contributed by atoms with van der Waals surface area (Å²) >= 11 is 7.24. The van der Waals surface area contributed by atoms with Gasteiger partial charge in [0.1, 0.15) is 0 Å². The van der Waals surface area contributed by atoms with E-state index in [0.717, 1.165) is 23.5 Å². The summed E-state index contributed by atoms with van der Waals surface area (Å²) in [6.45, 7) is 1.40. The van der Waals surface area contributed by atoms with E-state index in [9.17, 15) is 27.6 Å². The third-order valence-electron chi connectivity index (χ3n) is 5.34. The number of benzene rings is 2. The predicted molar refractivity (Wildman–Crippen MR) is 119 cm³/mol. The number of carbonyl (C=O) groups is 3. The molecule has 0 radical (unpaired) electrons. The molecule has 1 atom stereocenters. The van der Waals surface area contributed by atoms with Crippen molar-refractivity contribution in [2.24, 2.45) is 0 Å². The normalized spacial score (nSPS) is 17.9. The van der Waals surface area contributed by atoms with Crippen LogP contribution in [-0.2, 0) is 16.5 Å². The van der Waals surface area contributed by atoms with Gasteiger partial charge in [0.05, 0.1) is 28.2 Å². The first-order valence-corrected chi connectivity index (χ1v) is 11.1. The summed E-state index contributed by atoms with van der Waals surface area (Å²) in [7, 11) is 0. The highest BCUT2D eigenvalue weighted by atomic mass is 35.5. The second-order valence-electron chi connectivity index (χ2n) is 7.53. The summed E-state index contributed by atoms with van der Waals surface area (Å²) in [6.07, 6.45) is -4.50. The lowest BCUT2D eigenvalue weighted by atomic mass is 9.95. The minimum atomic E-state index is -4.50. The lowest BCUT2D eigenvalue weighted by Gasteiger charge is -2.26. The van der Waals surface area contributed by atoms with Crippen molar-refractivity contribution in [3.8, 4) is 11.1 Å². The maximum atomic E-state index is 13.1. The Hall–Kier alpha value is -3.44. The molecule has 34 heavy (non-hydrogen) atoms. The molecule has 0 aliphatic carbocycles. The number of rotatable bonds is 5. The number of aryl methyl sites for hydroxylation is 1. The van der Waals surface area contributed by atoms with Crippen molar-refractivity contribution >= 4 is 40.8 Å². The standard InChI is InChI=1S/C22H16ClF3N4O3S/c1-11-17(34-10-28-11)21(19(32)29-20(33)30-21)9-27-18(31)15-7-6-14(23)8-16(15)12-2-4-13(5-3-12)22(24,25)26/h2-8,10H,9H2,1H3,(H,27,31)(H2,29,30,32,33). The van der Waals surface area contributed by atoms with E-state index in [0.29, 0.717) is 21.7 Å². The molecular weight excluding hydrogens is 493 g/mol. The number of amides is 4. The highest BCUT2D eigenvalue weighted by Gasteiger charge is 2.50. The van der Waals surface area contributed by atoms with Gasteiger partial charge in [0.2, 0.25) is 0 Å². The van der Waals surface area contributed by atoms with Crippen molar-refractivity contribution in [2.45, 2.75) is 18.6 Å². The predicted octanol–water partition coefficient (Wildman–Crippen LogP) is 4.26. The summed E-state index contributed by atoms with van der Waals surface area (Å²) in [5.41, 5.74) is 0.460. The van der Waals surface area contributed by atoms with Crippen molar-refractivity contribution in [1.82, 2.24) is 20.9 Å². The second kappa shape index (κ2) is 8.73. The van der Waals surface area contributed by atoms with Crippen molar-refractivity contribution < 1.29 is 27.6 Å². The van der Waals surface area contributed by atoms with Gasteiger partial charge in [0.15, 0.2) is 5.54 Å². The molecule has 1 saturated heterocycles. The smallest absolute Gasteiger partial charge is 0.349 e. The fourth-order valence-corrected chi connectivity index (χ4v) is 4.80. The molecule has 2 aromatic carbocycles. The molecule has 4 amide bonds. The molecule has 7 nitrogen and oxygen atoms in total. The summed E-state index contributed by atoms with van der Waals surface area (Å²) in [5.74, 6) is -1.24. The molecule has 2 heterocycles. The topological polar surface area (TPSA) is 100 Å². The number of hydrogen-bond acceptors (Lipinski definition) is 5. The zero-order chi connectivity index (χ0) is 24.7. The van der Waals surface area contributed by atoms with Crippen LogP contribution in [0.25, 0.3) is 11.1 Å². The minimum absolute atomic E-state index is 0.130. The van der Waals surface area contributed by atoms with E-state index in [-0.39, 0.29) is 17.1 Å². The van der Waals surface area contributed by atoms with Gasteiger partial charge in [-0.15, -0.1) is 11.3 Å². The Labute approximate surface area is 200 Å². The molecular formula is C22H16ClF3N4O3S. The van der Waals surface area contributed by atoms with Gasteiger partial charge in [0.25, 0.3) is 11.8 Å². The Balaban J connectivity index is 1.65. The van der Waals surface area contributed by atoms with Gasteiger partial charge in [-0.3, -0.25) is 14.9 Å². The minimum Gasteiger partial charge on any atom is -0.349 e. The molecule has 1 fully saturated rings. The molecule has 1 unspecified atom stereocenters. The van der Waals surface area contributed by atoms with Gasteiger partial charge < -0.3 is 10.6 Å².